The van der Waals surface area contributed by atoms with Gasteiger partial charge in [0.2, 0.25) is 5.91 Å². The first-order chi connectivity index (χ1) is 15.5. The molecule has 32 heavy (non-hydrogen) atoms. The van der Waals surface area contributed by atoms with Crippen molar-refractivity contribution < 1.29 is 14.3 Å². The number of hydrazone groups is 1. The maximum atomic E-state index is 12.0. The van der Waals surface area contributed by atoms with Crippen molar-refractivity contribution in [1.82, 2.24) is 5.43 Å². The first kappa shape index (κ1) is 23.7. The molecule has 0 saturated carbocycles. The summed E-state index contributed by atoms with van der Waals surface area (Å²) >= 11 is 7.82. The summed E-state index contributed by atoms with van der Waals surface area (Å²) in [5.41, 5.74) is 5.46. The fourth-order valence-electron chi connectivity index (χ4n) is 2.79. The van der Waals surface area contributed by atoms with E-state index < -0.39 is 0 Å². The number of aryl methyl sites for hydroxylation is 1. The van der Waals surface area contributed by atoms with Crippen LogP contribution >= 0.6 is 23.4 Å². The fourth-order valence-corrected chi connectivity index (χ4v) is 3.83. The number of methoxy groups -OCH3 is 1. The number of nitrogens with zero attached hydrogens (tertiary/aromatic N) is 1. The number of benzene rings is 3. The molecule has 3 rings (SSSR count). The summed E-state index contributed by atoms with van der Waals surface area (Å²) in [4.78, 5) is 13.2. The second-order valence-electron chi connectivity index (χ2n) is 7.00. The summed E-state index contributed by atoms with van der Waals surface area (Å²) in [6.45, 7) is 2.39. The van der Waals surface area contributed by atoms with Crippen molar-refractivity contribution in [3.8, 4) is 11.5 Å². The van der Waals surface area contributed by atoms with Gasteiger partial charge in [-0.05, 0) is 48.9 Å². The molecule has 166 valence electrons. The molecule has 0 aliphatic carbocycles. The van der Waals surface area contributed by atoms with Gasteiger partial charge in [-0.3, -0.25) is 4.79 Å². The predicted octanol–water partition coefficient (Wildman–Crippen LogP) is 5.87. The number of hydrogen-bond donors (Lipinski definition) is 1. The van der Waals surface area contributed by atoms with Crippen LogP contribution < -0.4 is 14.9 Å². The van der Waals surface area contributed by atoms with Crippen LogP contribution in [0.25, 0.3) is 0 Å². The molecule has 0 aromatic heterocycles. The molecule has 0 unspecified atom stereocenters. The highest BCUT2D eigenvalue weighted by atomic mass is 35.5. The SMILES string of the molecule is COc1cc(/C=N\NC(=O)CCSc2ccc(C)cc2)ccc1OCc1ccccc1Cl. The Balaban J connectivity index is 1.48. The van der Waals surface area contributed by atoms with E-state index in [2.05, 4.69) is 41.7 Å². The van der Waals surface area contributed by atoms with Crippen LogP contribution in [0.15, 0.2) is 76.7 Å². The summed E-state index contributed by atoms with van der Waals surface area (Å²) in [5, 5.41) is 4.70. The molecule has 0 aliphatic heterocycles. The van der Waals surface area contributed by atoms with Gasteiger partial charge in [0.25, 0.3) is 0 Å². The van der Waals surface area contributed by atoms with Crippen LogP contribution in [-0.4, -0.2) is 25.0 Å². The number of carbonyl (C=O) groups is 1. The quantitative estimate of drug-likeness (QED) is 0.230. The van der Waals surface area contributed by atoms with Crippen molar-refractivity contribution in [1.29, 1.82) is 0 Å². The van der Waals surface area contributed by atoms with Gasteiger partial charge in [-0.2, -0.15) is 5.10 Å². The number of nitrogens with one attached hydrogen (secondary N) is 1. The molecule has 3 aromatic rings. The molecule has 0 heterocycles. The Morgan fingerprint density at radius 2 is 1.88 bits per heavy atom. The van der Waals surface area contributed by atoms with E-state index in [0.717, 1.165) is 16.0 Å². The molecule has 1 amide bonds. The summed E-state index contributed by atoms with van der Waals surface area (Å²) in [5.74, 6) is 1.73. The lowest BCUT2D eigenvalue weighted by Gasteiger charge is -2.12. The summed E-state index contributed by atoms with van der Waals surface area (Å²) in [6, 6.07) is 21.2. The predicted molar refractivity (Wildman–Crippen MR) is 131 cm³/mol. The normalized spacial score (nSPS) is 10.8. The topological polar surface area (TPSA) is 59.9 Å². The second-order valence-corrected chi connectivity index (χ2v) is 8.57. The zero-order valence-corrected chi connectivity index (χ0v) is 19.6. The number of amides is 1. The molecule has 0 radical (unpaired) electrons. The fraction of sp³-hybridized carbons (Fsp3) is 0.200. The number of rotatable bonds is 10. The minimum Gasteiger partial charge on any atom is -0.493 e. The molecular formula is C25H25ClN2O3S. The first-order valence-electron chi connectivity index (χ1n) is 10.1. The van der Waals surface area contributed by atoms with Crippen molar-refractivity contribution in [2.75, 3.05) is 12.9 Å². The number of thioether (sulfide) groups is 1. The Labute approximate surface area is 197 Å². The van der Waals surface area contributed by atoms with Crippen LogP contribution in [-0.2, 0) is 11.4 Å². The second kappa shape index (κ2) is 12.2. The molecule has 0 spiro atoms. The van der Waals surface area contributed by atoms with Crippen molar-refractivity contribution in [2.24, 2.45) is 5.10 Å². The maximum absolute atomic E-state index is 12.0. The monoisotopic (exact) mass is 468 g/mol. The molecule has 0 aliphatic rings. The number of carbonyl (C=O) groups excluding carboxylic acids is 1. The largest absolute Gasteiger partial charge is 0.493 e. The van der Waals surface area contributed by atoms with E-state index in [-0.39, 0.29) is 5.91 Å². The van der Waals surface area contributed by atoms with E-state index in [1.165, 1.54) is 5.56 Å². The van der Waals surface area contributed by atoms with Crippen molar-refractivity contribution >= 4 is 35.5 Å². The number of ether oxygens (including phenoxy) is 2. The average Bonchev–Trinajstić information content (AvgIpc) is 2.80. The van der Waals surface area contributed by atoms with E-state index in [1.54, 1.807) is 37.2 Å². The van der Waals surface area contributed by atoms with Gasteiger partial charge in [0.05, 0.1) is 13.3 Å². The van der Waals surface area contributed by atoms with Gasteiger partial charge >= 0.3 is 0 Å². The van der Waals surface area contributed by atoms with E-state index in [4.69, 9.17) is 21.1 Å². The third kappa shape index (κ3) is 7.32. The molecule has 0 bridgehead atoms. The van der Waals surface area contributed by atoms with Crippen LogP contribution in [0, 0.1) is 6.92 Å². The van der Waals surface area contributed by atoms with Crippen LogP contribution in [0.1, 0.15) is 23.1 Å². The molecular weight excluding hydrogens is 444 g/mol. The molecule has 0 atom stereocenters. The van der Waals surface area contributed by atoms with Gasteiger partial charge < -0.3 is 9.47 Å². The van der Waals surface area contributed by atoms with E-state index in [9.17, 15) is 4.79 Å². The van der Waals surface area contributed by atoms with Crippen LogP contribution in [0.4, 0.5) is 0 Å². The first-order valence-corrected chi connectivity index (χ1v) is 11.5. The van der Waals surface area contributed by atoms with E-state index in [1.807, 2.05) is 30.3 Å². The van der Waals surface area contributed by atoms with Crippen molar-refractivity contribution in [3.63, 3.8) is 0 Å². The lowest BCUT2D eigenvalue weighted by Crippen LogP contribution is -2.17. The highest BCUT2D eigenvalue weighted by Crippen LogP contribution is 2.29. The lowest BCUT2D eigenvalue weighted by molar-refractivity contribution is -0.120. The molecule has 0 fully saturated rings. The maximum Gasteiger partial charge on any atom is 0.240 e. The smallest absolute Gasteiger partial charge is 0.240 e. The number of halogens is 1. The Morgan fingerprint density at radius 1 is 1.09 bits per heavy atom. The molecule has 3 aromatic carbocycles. The third-order valence-corrected chi connectivity index (χ3v) is 5.93. The molecule has 0 saturated heterocycles. The zero-order chi connectivity index (χ0) is 22.8. The van der Waals surface area contributed by atoms with Crippen LogP contribution in [0.2, 0.25) is 5.02 Å². The molecule has 7 heteroatoms. The summed E-state index contributed by atoms with van der Waals surface area (Å²) in [7, 11) is 1.58. The van der Waals surface area contributed by atoms with Gasteiger partial charge in [-0.1, -0.05) is 47.5 Å². The van der Waals surface area contributed by atoms with Gasteiger partial charge in [-0.25, -0.2) is 5.43 Å². The summed E-state index contributed by atoms with van der Waals surface area (Å²) in [6.07, 6.45) is 1.96. The van der Waals surface area contributed by atoms with Gasteiger partial charge in [-0.15, -0.1) is 11.8 Å². The van der Waals surface area contributed by atoms with Crippen LogP contribution in [0.3, 0.4) is 0 Å². The standard InChI is InChI=1S/C25H25ClN2O3S/c1-18-7-10-21(11-8-18)32-14-13-25(29)28-27-16-19-9-12-23(24(15-19)30-2)31-17-20-5-3-4-6-22(20)26/h3-12,15-16H,13-14,17H2,1-2H3,(H,28,29)/b27-16-. The number of hydrogen-bond acceptors (Lipinski definition) is 5. The third-order valence-electron chi connectivity index (χ3n) is 4.55. The minimum absolute atomic E-state index is 0.132. The van der Waals surface area contributed by atoms with E-state index in [0.29, 0.717) is 35.3 Å². The summed E-state index contributed by atoms with van der Waals surface area (Å²) < 4.78 is 11.3. The molecule has 5 nitrogen and oxygen atoms in total. The Morgan fingerprint density at radius 3 is 2.62 bits per heavy atom. The average molecular weight is 469 g/mol. The van der Waals surface area contributed by atoms with Crippen LogP contribution in [0.5, 0.6) is 11.5 Å². The zero-order valence-electron chi connectivity index (χ0n) is 18.0. The highest BCUT2D eigenvalue weighted by Gasteiger charge is 2.07. The van der Waals surface area contributed by atoms with E-state index >= 15 is 0 Å². The van der Waals surface area contributed by atoms with Gasteiger partial charge in [0, 0.05) is 27.7 Å². The Hall–Kier alpha value is -2.96. The van der Waals surface area contributed by atoms with Crippen molar-refractivity contribution in [3.05, 3.63) is 88.4 Å². The minimum atomic E-state index is -0.132. The van der Waals surface area contributed by atoms with Gasteiger partial charge in [0.1, 0.15) is 6.61 Å². The Bertz CT molecular complexity index is 1070. The lowest BCUT2D eigenvalue weighted by atomic mass is 10.2. The highest BCUT2D eigenvalue weighted by molar-refractivity contribution is 7.99. The molecule has 1 N–H and O–H groups in total. The Kier molecular flexibility index (Phi) is 9.01. The van der Waals surface area contributed by atoms with Gasteiger partial charge in [0.15, 0.2) is 11.5 Å². The van der Waals surface area contributed by atoms with Crippen molar-refractivity contribution in [2.45, 2.75) is 24.8 Å².